The van der Waals surface area contributed by atoms with Crippen molar-refractivity contribution >= 4 is 44.2 Å². The molecule has 4 aromatic rings. The van der Waals surface area contributed by atoms with E-state index >= 15 is 0 Å². The number of fused-ring (bicyclic) bond motifs is 1. The number of aryl methyl sites for hydroxylation is 3. The molecule has 0 saturated carbocycles. The van der Waals surface area contributed by atoms with Crippen LogP contribution in [0.3, 0.4) is 0 Å². The smallest absolute Gasteiger partial charge is 0.312 e. The number of aromatic nitrogens is 1. The van der Waals surface area contributed by atoms with Crippen LogP contribution in [0.15, 0.2) is 60.7 Å². The van der Waals surface area contributed by atoms with Gasteiger partial charge in [0.2, 0.25) is 0 Å². The van der Waals surface area contributed by atoms with E-state index in [9.17, 15) is 9.59 Å². The highest BCUT2D eigenvalue weighted by Gasteiger charge is 2.13. The van der Waals surface area contributed by atoms with Crippen LogP contribution >= 0.6 is 11.3 Å². The Morgan fingerprint density at radius 3 is 2.42 bits per heavy atom. The Labute approximate surface area is 196 Å². The third kappa shape index (κ3) is 5.56. The number of thiazole rings is 1. The van der Waals surface area contributed by atoms with Gasteiger partial charge in [0.1, 0.15) is 5.75 Å². The second kappa shape index (κ2) is 9.83. The molecule has 0 bridgehead atoms. The van der Waals surface area contributed by atoms with E-state index in [4.69, 9.17) is 4.74 Å². The van der Waals surface area contributed by atoms with Crippen molar-refractivity contribution < 1.29 is 14.3 Å². The number of carbonyl (C=O) groups is 2. The molecular formula is C26H25N3O3S. The summed E-state index contributed by atoms with van der Waals surface area (Å²) in [6.45, 7) is 6.44. The summed E-state index contributed by atoms with van der Waals surface area (Å²) in [7, 11) is 0. The molecule has 1 heterocycles. The average Bonchev–Trinajstić information content (AvgIpc) is 3.18. The summed E-state index contributed by atoms with van der Waals surface area (Å²) in [5.74, 6) is 0.0679. The number of nitrogens with zero attached hydrogens (tertiary/aromatic N) is 1. The fourth-order valence-corrected chi connectivity index (χ4v) is 4.58. The van der Waals surface area contributed by atoms with Crippen molar-refractivity contribution in [3.8, 4) is 5.75 Å². The van der Waals surface area contributed by atoms with Crippen molar-refractivity contribution in [2.24, 2.45) is 0 Å². The van der Waals surface area contributed by atoms with Gasteiger partial charge in [-0.05, 0) is 62.2 Å². The van der Waals surface area contributed by atoms with Crippen LogP contribution < -0.4 is 15.4 Å². The molecule has 1 aromatic heterocycles. The van der Waals surface area contributed by atoms with Gasteiger partial charge >= 0.3 is 5.97 Å². The molecule has 0 radical (unpaired) electrons. The highest BCUT2D eigenvalue weighted by Crippen LogP contribution is 2.28. The molecule has 168 valence electrons. The molecule has 33 heavy (non-hydrogen) atoms. The number of para-hydroxylation sites is 1. The lowest BCUT2D eigenvalue weighted by atomic mass is 10.0. The Balaban J connectivity index is 1.38. The van der Waals surface area contributed by atoms with Crippen molar-refractivity contribution in [2.75, 3.05) is 17.2 Å². The number of esters is 1. The van der Waals surface area contributed by atoms with Crippen LogP contribution in [0, 0.1) is 20.8 Å². The molecule has 0 spiro atoms. The molecule has 1 amide bonds. The SMILES string of the molecule is Cc1cc(C)c(NC(=O)c2ccc3nc(NCCC(=O)Oc4ccccc4)sc3c2)c(C)c1. The highest BCUT2D eigenvalue weighted by atomic mass is 32.1. The maximum absolute atomic E-state index is 12.9. The monoisotopic (exact) mass is 459 g/mol. The average molecular weight is 460 g/mol. The van der Waals surface area contributed by atoms with Gasteiger partial charge in [-0.1, -0.05) is 47.2 Å². The molecule has 0 fully saturated rings. The number of nitrogens with one attached hydrogen (secondary N) is 2. The molecule has 6 nitrogen and oxygen atoms in total. The minimum absolute atomic E-state index is 0.154. The van der Waals surface area contributed by atoms with Crippen LogP contribution in [0.25, 0.3) is 10.2 Å². The normalized spacial score (nSPS) is 10.8. The van der Waals surface area contributed by atoms with E-state index in [-0.39, 0.29) is 18.3 Å². The van der Waals surface area contributed by atoms with Crippen molar-refractivity contribution in [1.82, 2.24) is 4.98 Å². The van der Waals surface area contributed by atoms with Gasteiger partial charge in [-0.3, -0.25) is 9.59 Å². The van der Waals surface area contributed by atoms with E-state index in [0.717, 1.165) is 27.0 Å². The number of amides is 1. The van der Waals surface area contributed by atoms with Crippen LogP contribution in [0.5, 0.6) is 5.75 Å². The lowest BCUT2D eigenvalue weighted by Gasteiger charge is -2.12. The predicted molar refractivity (Wildman–Crippen MR) is 133 cm³/mol. The zero-order valence-corrected chi connectivity index (χ0v) is 19.6. The van der Waals surface area contributed by atoms with Crippen molar-refractivity contribution in [3.63, 3.8) is 0 Å². The Bertz CT molecular complexity index is 1290. The molecule has 2 N–H and O–H groups in total. The first-order valence-corrected chi connectivity index (χ1v) is 11.5. The summed E-state index contributed by atoms with van der Waals surface area (Å²) in [5, 5.41) is 6.90. The first-order chi connectivity index (χ1) is 15.9. The number of rotatable bonds is 7. The molecule has 0 unspecified atom stereocenters. The van der Waals surface area contributed by atoms with E-state index in [2.05, 4.69) is 27.8 Å². The van der Waals surface area contributed by atoms with Crippen LogP contribution in [-0.4, -0.2) is 23.4 Å². The second-order valence-corrected chi connectivity index (χ2v) is 8.92. The summed E-state index contributed by atoms with van der Waals surface area (Å²) in [4.78, 5) is 29.4. The molecule has 0 aliphatic heterocycles. The van der Waals surface area contributed by atoms with Gasteiger partial charge in [0.25, 0.3) is 5.91 Å². The van der Waals surface area contributed by atoms with Crippen molar-refractivity contribution in [2.45, 2.75) is 27.2 Å². The fourth-order valence-electron chi connectivity index (χ4n) is 3.65. The van der Waals surface area contributed by atoms with Crippen molar-refractivity contribution in [1.29, 1.82) is 0 Å². The topological polar surface area (TPSA) is 80.3 Å². The minimum Gasteiger partial charge on any atom is -0.426 e. The quantitative estimate of drug-likeness (QED) is 0.266. The van der Waals surface area contributed by atoms with Gasteiger partial charge < -0.3 is 15.4 Å². The van der Waals surface area contributed by atoms with E-state index in [0.29, 0.717) is 23.0 Å². The first-order valence-electron chi connectivity index (χ1n) is 10.7. The zero-order valence-electron chi connectivity index (χ0n) is 18.8. The van der Waals surface area contributed by atoms with E-state index in [1.807, 2.05) is 51.1 Å². The molecule has 0 atom stereocenters. The molecule has 3 aromatic carbocycles. The summed E-state index contributed by atoms with van der Waals surface area (Å²) in [5.41, 5.74) is 5.47. The van der Waals surface area contributed by atoms with Gasteiger partial charge in [-0.25, -0.2) is 4.98 Å². The largest absolute Gasteiger partial charge is 0.426 e. The highest BCUT2D eigenvalue weighted by molar-refractivity contribution is 7.22. The first kappa shape index (κ1) is 22.5. The standard InChI is InChI=1S/C26H25N3O3S/c1-16-13-17(2)24(18(3)14-16)29-25(31)19-9-10-21-22(15-19)33-26(28-21)27-12-11-23(30)32-20-7-5-4-6-8-20/h4-10,13-15H,11-12H2,1-3H3,(H,27,28)(H,29,31). The van der Waals surface area contributed by atoms with Crippen LogP contribution in [-0.2, 0) is 4.79 Å². The number of hydrogen-bond acceptors (Lipinski definition) is 6. The van der Waals surface area contributed by atoms with E-state index < -0.39 is 0 Å². The van der Waals surface area contributed by atoms with Gasteiger partial charge in [0.05, 0.1) is 16.6 Å². The number of anilines is 2. The lowest BCUT2D eigenvalue weighted by molar-refractivity contribution is -0.134. The zero-order chi connectivity index (χ0) is 23.4. The minimum atomic E-state index is -0.310. The fraction of sp³-hybridized carbons (Fsp3) is 0.192. The second-order valence-electron chi connectivity index (χ2n) is 7.89. The summed E-state index contributed by atoms with van der Waals surface area (Å²) >= 11 is 1.44. The number of benzene rings is 3. The maximum atomic E-state index is 12.9. The molecular weight excluding hydrogens is 434 g/mol. The Hall–Kier alpha value is -3.71. The summed E-state index contributed by atoms with van der Waals surface area (Å²) in [6, 6.07) is 18.6. The van der Waals surface area contributed by atoms with Crippen LogP contribution in [0.4, 0.5) is 10.8 Å². The van der Waals surface area contributed by atoms with E-state index in [1.54, 1.807) is 18.2 Å². The molecule has 0 aliphatic rings. The Morgan fingerprint density at radius 1 is 0.970 bits per heavy atom. The number of ether oxygens (including phenoxy) is 1. The molecule has 0 aliphatic carbocycles. The number of carbonyl (C=O) groups excluding carboxylic acids is 2. The third-order valence-electron chi connectivity index (χ3n) is 5.15. The third-order valence-corrected chi connectivity index (χ3v) is 6.12. The van der Waals surface area contributed by atoms with Crippen LogP contribution in [0.2, 0.25) is 0 Å². The predicted octanol–water partition coefficient (Wildman–Crippen LogP) is 5.88. The maximum Gasteiger partial charge on any atom is 0.312 e. The summed E-state index contributed by atoms with van der Waals surface area (Å²) < 4.78 is 6.18. The lowest BCUT2D eigenvalue weighted by Crippen LogP contribution is -2.13. The number of hydrogen-bond donors (Lipinski definition) is 2. The van der Waals surface area contributed by atoms with Gasteiger partial charge in [0.15, 0.2) is 5.13 Å². The van der Waals surface area contributed by atoms with E-state index in [1.165, 1.54) is 16.9 Å². The van der Waals surface area contributed by atoms with Crippen LogP contribution in [0.1, 0.15) is 33.5 Å². The Morgan fingerprint density at radius 2 is 1.70 bits per heavy atom. The van der Waals surface area contributed by atoms with Crippen molar-refractivity contribution in [3.05, 3.63) is 82.9 Å². The molecule has 0 saturated heterocycles. The molecule has 7 heteroatoms. The van der Waals surface area contributed by atoms with Gasteiger partial charge in [-0.15, -0.1) is 0 Å². The molecule has 4 rings (SSSR count). The Kier molecular flexibility index (Phi) is 6.70. The van der Waals surface area contributed by atoms with Gasteiger partial charge in [-0.2, -0.15) is 0 Å². The summed E-state index contributed by atoms with van der Waals surface area (Å²) in [6.07, 6.45) is 0.216. The van der Waals surface area contributed by atoms with Gasteiger partial charge in [0, 0.05) is 17.8 Å².